The van der Waals surface area contributed by atoms with E-state index < -0.39 is 17.4 Å². The van der Waals surface area contributed by atoms with Gasteiger partial charge in [-0.05, 0) is 49.0 Å². The molecule has 5 rings (SSSR count). The minimum Gasteiger partial charge on any atom is -0.323 e. The fourth-order valence-electron chi connectivity index (χ4n) is 5.65. The number of thioether (sulfide) groups is 1. The van der Waals surface area contributed by atoms with Gasteiger partial charge in [0.15, 0.2) is 0 Å². The number of hydrogen-bond acceptors (Lipinski definition) is 5. The standard InChI is InChI=1S/C25H26ClN3O3S/c1-14-12-16-21(17(26)13-14)27-24(32)25(16)20-19(18(28-25)9-11-33-2)22(30)29(23(20)31)10-8-15-6-4-3-5-7-15/h3-7,12-13,18-20,28H,8-11H2,1-2H3,(H,27,32)/t18-,19-,20+,25+/m1/s1. The molecule has 33 heavy (non-hydrogen) atoms. The molecule has 1 spiro atoms. The van der Waals surface area contributed by atoms with Gasteiger partial charge in [0.25, 0.3) is 0 Å². The number of benzene rings is 2. The summed E-state index contributed by atoms with van der Waals surface area (Å²) in [7, 11) is 0. The molecule has 0 bridgehead atoms. The van der Waals surface area contributed by atoms with Gasteiger partial charge in [0.1, 0.15) is 5.54 Å². The first-order valence-electron chi connectivity index (χ1n) is 11.2. The van der Waals surface area contributed by atoms with E-state index in [-0.39, 0.29) is 23.8 Å². The van der Waals surface area contributed by atoms with Crippen LogP contribution in [0.2, 0.25) is 5.02 Å². The minimum atomic E-state index is -1.28. The fourth-order valence-corrected chi connectivity index (χ4v) is 6.46. The summed E-state index contributed by atoms with van der Waals surface area (Å²) in [6.07, 6.45) is 3.29. The molecule has 2 N–H and O–H groups in total. The Morgan fingerprint density at radius 3 is 2.61 bits per heavy atom. The van der Waals surface area contributed by atoms with Gasteiger partial charge in [-0.25, -0.2) is 0 Å². The lowest BCUT2D eigenvalue weighted by Crippen LogP contribution is -2.53. The van der Waals surface area contributed by atoms with Crippen molar-refractivity contribution in [3.05, 3.63) is 64.2 Å². The highest BCUT2D eigenvalue weighted by atomic mass is 35.5. The van der Waals surface area contributed by atoms with Crippen LogP contribution in [0.4, 0.5) is 5.69 Å². The molecule has 6 nitrogen and oxygen atoms in total. The number of halogens is 1. The lowest BCUT2D eigenvalue weighted by Gasteiger charge is -2.29. The van der Waals surface area contributed by atoms with E-state index in [1.54, 1.807) is 17.8 Å². The van der Waals surface area contributed by atoms with Gasteiger partial charge in [0.05, 0.1) is 22.5 Å². The van der Waals surface area contributed by atoms with Gasteiger partial charge in [0.2, 0.25) is 17.7 Å². The monoisotopic (exact) mass is 483 g/mol. The van der Waals surface area contributed by atoms with Crippen molar-refractivity contribution in [2.24, 2.45) is 11.8 Å². The summed E-state index contributed by atoms with van der Waals surface area (Å²) in [6.45, 7) is 2.22. The molecule has 172 valence electrons. The smallest absolute Gasteiger partial charge is 0.250 e. The molecule has 3 amide bonds. The van der Waals surface area contributed by atoms with E-state index in [0.29, 0.717) is 35.7 Å². The van der Waals surface area contributed by atoms with E-state index in [1.807, 2.05) is 49.6 Å². The fraction of sp³-hybridized carbons (Fsp3) is 0.400. The van der Waals surface area contributed by atoms with Crippen LogP contribution < -0.4 is 10.6 Å². The van der Waals surface area contributed by atoms with Gasteiger partial charge in [-0.3, -0.25) is 24.6 Å². The van der Waals surface area contributed by atoms with Crippen molar-refractivity contribution in [2.45, 2.75) is 31.3 Å². The molecule has 3 heterocycles. The Morgan fingerprint density at radius 1 is 1.12 bits per heavy atom. The topological polar surface area (TPSA) is 78.5 Å². The van der Waals surface area contributed by atoms with Crippen LogP contribution in [-0.4, -0.2) is 47.2 Å². The number of fused-ring (bicyclic) bond motifs is 4. The lowest BCUT2D eigenvalue weighted by atomic mass is 9.76. The van der Waals surface area contributed by atoms with E-state index >= 15 is 0 Å². The second-order valence-electron chi connectivity index (χ2n) is 9.03. The highest BCUT2D eigenvalue weighted by Crippen LogP contribution is 2.54. The largest absolute Gasteiger partial charge is 0.323 e. The van der Waals surface area contributed by atoms with E-state index in [9.17, 15) is 14.4 Å². The maximum Gasteiger partial charge on any atom is 0.250 e. The Bertz CT molecular complexity index is 1140. The van der Waals surface area contributed by atoms with Crippen LogP contribution >= 0.6 is 23.4 Å². The van der Waals surface area contributed by atoms with Crippen molar-refractivity contribution in [2.75, 3.05) is 23.9 Å². The van der Waals surface area contributed by atoms with E-state index in [2.05, 4.69) is 10.6 Å². The van der Waals surface area contributed by atoms with Gasteiger partial charge in [0, 0.05) is 18.2 Å². The molecule has 2 saturated heterocycles. The predicted molar refractivity (Wildman–Crippen MR) is 130 cm³/mol. The van der Waals surface area contributed by atoms with Crippen LogP contribution in [0.25, 0.3) is 0 Å². The van der Waals surface area contributed by atoms with Crippen LogP contribution in [0.15, 0.2) is 42.5 Å². The number of nitrogens with one attached hydrogen (secondary N) is 2. The van der Waals surface area contributed by atoms with Crippen LogP contribution in [-0.2, 0) is 26.3 Å². The van der Waals surface area contributed by atoms with Crippen LogP contribution in [0, 0.1) is 18.8 Å². The Labute approximate surface area is 202 Å². The number of likely N-dealkylation sites (tertiary alicyclic amines) is 1. The molecule has 0 aliphatic carbocycles. The normalized spacial score (nSPS) is 27.9. The first-order chi connectivity index (χ1) is 15.9. The molecule has 2 fully saturated rings. The Hall–Kier alpha value is -2.35. The molecular formula is C25H26ClN3O3S. The maximum absolute atomic E-state index is 13.8. The number of carbonyl (C=O) groups is 3. The zero-order valence-corrected chi connectivity index (χ0v) is 20.1. The third-order valence-electron chi connectivity index (χ3n) is 7.11. The molecule has 0 saturated carbocycles. The summed E-state index contributed by atoms with van der Waals surface area (Å²) in [5.41, 5.74) is 1.89. The van der Waals surface area contributed by atoms with Crippen LogP contribution in [0.5, 0.6) is 0 Å². The van der Waals surface area contributed by atoms with Crippen molar-refractivity contribution in [1.29, 1.82) is 0 Å². The molecule has 8 heteroatoms. The van der Waals surface area contributed by atoms with Gasteiger partial charge < -0.3 is 5.32 Å². The van der Waals surface area contributed by atoms with Crippen LogP contribution in [0.1, 0.15) is 23.1 Å². The van der Waals surface area contributed by atoms with E-state index in [4.69, 9.17) is 11.6 Å². The molecule has 0 unspecified atom stereocenters. The van der Waals surface area contributed by atoms with Crippen LogP contribution in [0.3, 0.4) is 0 Å². The second kappa shape index (κ2) is 8.46. The molecular weight excluding hydrogens is 458 g/mol. The first kappa shape index (κ1) is 22.4. The predicted octanol–water partition coefficient (Wildman–Crippen LogP) is 3.36. The SMILES string of the molecule is CSCC[C@H]1N[C@]2(C(=O)Nc3c(Cl)cc(C)cc32)[C@@H]2C(=O)N(CCc3ccccc3)C(=O)[C@@H]21. The van der Waals surface area contributed by atoms with E-state index in [0.717, 1.165) is 16.9 Å². The number of aryl methyl sites for hydroxylation is 1. The first-order valence-corrected chi connectivity index (χ1v) is 12.9. The molecule has 4 atom stereocenters. The summed E-state index contributed by atoms with van der Waals surface area (Å²) < 4.78 is 0. The maximum atomic E-state index is 13.8. The summed E-state index contributed by atoms with van der Waals surface area (Å²) in [5, 5.41) is 6.81. The quantitative estimate of drug-likeness (QED) is 0.616. The number of amides is 3. The molecule has 3 aliphatic rings. The lowest BCUT2D eigenvalue weighted by molar-refractivity contribution is -0.142. The highest BCUT2D eigenvalue weighted by Gasteiger charge is 2.70. The molecule has 0 aromatic heterocycles. The van der Waals surface area contributed by atoms with Crippen molar-refractivity contribution in [3.8, 4) is 0 Å². The number of rotatable bonds is 6. The Kier molecular flexibility index (Phi) is 5.75. The summed E-state index contributed by atoms with van der Waals surface area (Å²) >= 11 is 8.15. The third kappa shape index (κ3) is 3.40. The van der Waals surface area contributed by atoms with Gasteiger partial charge in [-0.2, -0.15) is 11.8 Å². The second-order valence-corrected chi connectivity index (χ2v) is 10.4. The Morgan fingerprint density at radius 2 is 1.88 bits per heavy atom. The molecule has 2 aromatic rings. The number of hydrogen-bond donors (Lipinski definition) is 2. The van der Waals surface area contributed by atoms with E-state index in [1.165, 1.54) is 4.90 Å². The molecule has 0 radical (unpaired) electrons. The van der Waals surface area contributed by atoms with Gasteiger partial charge >= 0.3 is 0 Å². The van der Waals surface area contributed by atoms with Crippen molar-refractivity contribution in [3.63, 3.8) is 0 Å². The number of anilines is 1. The molecule has 3 aliphatic heterocycles. The summed E-state index contributed by atoms with van der Waals surface area (Å²) in [4.78, 5) is 42.2. The molecule has 2 aromatic carbocycles. The summed E-state index contributed by atoms with van der Waals surface area (Å²) in [5.74, 6) is -1.30. The summed E-state index contributed by atoms with van der Waals surface area (Å²) in [6, 6.07) is 13.2. The van der Waals surface area contributed by atoms with Crippen molar-refractivity contribution < 1.29 is 14.4 Å². The van der Waals surface area contributed by atoms with Gasteiger partial charge in [-0.1, -0.05) is 48.0 Å². The number of carbonyl (C=O) groups excluding carboxylic acids is 3. The average Bonchev–Trinajstić information content (AvgIpc) is 3.37. The van der Waals surface area contributed by atoms with Gasteiger partial charge in [-0.15, -0.1) is 0 Å². The minimum absolute atomic E-state index is 0.184. The van der Waals surface area contributed by atoms with Crippen molar-refractivity contribution >= 4 is 46.8 Å². The number of imide groups is 1. The van der Waals surface area contributed by atoms with Crippen molar-refractivity contribution in [1.82, 2.24) is 10.2 Å². The number of nitrogens with zero attached hydrogens (tertiary/aromatic N) is 1. The zero-order valence-electron chi connectivity index (χ0n) is 18.6. The highest BCUT2D eigenvalue weighted by molar-refractivity contribution is 7.98. The average molecular weight is 484 g/mol. The third-order valence-corrected chi connectivity index (χ3v) is 8.05. The zero-order chi connectivity index (χ0) is 23.3. The Balaban J connectivity index is 1.55.